The highest BCUT2D eigenvalue weighted by Crippen LogP contribution is 2.17. The SMILES string of the molecule is NNC(=O)C1CCN(C(=O)Cn2cncc(Br)c2=O)CC1. The summed E-state index contributed by atoms with van der Waals surface area (Å²) in [7, 11) is 0. The van der Waals surface area contributed by atoms with Gasteiger partial charge in [-0.3, -0.25) is 24.4 Å². The minimum atomic E-state index is -0.296. The van der Waals surface area contributed by atoms with Crippen molar-refractivity contribution in [2.45, 2.75) is 19.4 Å². The highest BCUT2D eigenvalue weighted by Gasteiger charge is 2.27. The van der Waals surface area contributed by atoms with Crippen LogP contribution in [-0.4, -0.2) is 39.4 Å². The molecule has 0 radical (unpaired) electrons. The number of nitrogens with one attached hydrogen (secondary N) is 1. The average molecular weight is 358 g/mol. The molecule has 0 spiro atoms. The number of likely N-dealkylation sites (tertiary alicyclic amines) is 1. The first-order valence-electron chi connectivity index (χ1n) is 6.51. The van der Waals surface area contributed by atoms with Crippen LogP contribution in [0.3, 0.4) is 0 Å². The number of hydrogen-bond acceptors (Lipinski definition) is 5. The Balaban J connectivity index is 1.95. The van der Waals surface area contributed by atoms with Gasteiger partial charge in [0.25, 0.3) is 5.56 Å². The number of carbonyl (C=O) groups is 2. The van der Waals surface area contributed by atoms with Gasteiger partial charge in [0.15, 0.2) is 0 Å². The number of nitrogens with two attached hydrogens (primary N) is 1. The van der Waals surface area contributed by atoms with E-state index in [-0.39, 0.29) is 29.8 Å². The molecule has 9 heteroatoms. The lowest BCUT2D eigenvalue weighted by molar-refractivity contribution is -0.136. The van der Waals surface area contributed by atoms with Gasteiger partial charge in [0.05, 0.1) is 6.33 Å². The first kappa shape index (κ1) is 15.6. The molecule has 0 saturated carbocycles. The summed E-state index contributed by atoms with van der Waals surface area (Å²) in [6.07, 6.45) is 3.86. The molecule has 1 aromatic rings. The van der Waals surface area contributed by atoms with Gasteiger partial charge in [-0.05, 0) is 28.8 Å². The van der Waals surface area contributed by atoms with Crippen molar-refractivity contribution in [1.82, 2.24) is 19.9 Å². The molecule has 1 aliphatic heterocycles. The number of hydrazine groups is 1. The quantitative estimate of drug-likeness (QED) is 0.419. The lowest BCUT2D eigenvalue weighted by atomic mass is 9.96. The predicted molar refractivity (Wildman–Crippen MR) is 77.8 cm³/mol. The summed E-state index contributed by atoms with van der Waals surface area (Å²) in [5.41, 5.74) is 1.84. The summed E-state index contributed by atoms with van der Waals surface area (Å²) in [5.74, 6) is 4.58. The van der Waals surface area contributed by atoms with Gasteiger partial charge in [-0.15, -0.1) is 0 Å². The Morgan fingerprint density at radius 1 is 1.43 bits per heavy atom. The third-order valence-electron chi connectivity index (χ3n) is 3.53. The molecular weight excluding hydrogens is 342 g/mol. The van der Waals surface area contributed by atoms with Gasteiger partial charge in [-0.1, -0.05) is 0 Å². The third-order valence-corrected chi connectivity index (χ3v) is 4.07. The van der Waals surface area contributed by atoms with Crippen LogP contribution in [0.1, 0.15) is 12.8 Å². The highest BCUT2D eigenvalue weighted by atomic mass is 79.9. The number of halogens is 1. The second kappa shape index (κ2) is 6.81. The van der Waals surface area contributed by atoms with Crippen LogP contribution in [0.4, 0.5) is 0 Å². The van der Waals surface area contributed by atoms with Crippen molar-refractivity contribution >= 4 is 27.7 Å². The fraction of sp³-hybridized carbons (Fsp3) is 0.500. The van der Waals surface area contributed by atoms with Gasteiger partial charge in [-0.25, -0.2) is 10.8 Å². The summed E-state index contributed by atoms with van der Waals surface area (Å²) in [6, 6.07) is 0. The second-order valence-corrected chi connectivity index (χ2v) is 5.69. The maximum atomic E-state index is 12.2. The Bertz CT molecular complexity index is 595. The lowest BCUT2D eigenvalue weighted by Gasteiger charge is -2.31. The van der Waals surface area contributed by atoms with Crippen molar-refractivity contribution in [2.75, 3.05) is 13.1 Å². The van der Waals surface area contributed by atoms with Crippen LogP contribution in [0.25, 0.3) is 0 Å². The summed E-state index contributed by atoms with van der Waals surface area (Å²) in [5, 5.41) is 0. The molecule has 2 rings (SSSR count). The molecule has 1 saturated heterocycles. The van der Waals surface area contributed by atoms with Crippen molar-refractivity contribution in [3.8, 4) is 0 Å². The van der Waals surface area contributed by atoms with Crippen molar-refractivity contribution in [2.24, 2.45) is 11.8 Å². The van der Waals surface area contributed by atoms with Crippen LogP contribution in [0, 0.1) is 5.92 Å². The molecule has 0 atom stereocenters. The van der Waals surface area contributed by atoms with E-state index in [2.05, 4.69) is 26.3 Å². The Hall–Kier alpha value is -1.74. The van der Waals surface area contributed by atoms with Crippen LogP contribution < -0.4 is 16.8 Å². The van der Waals surface area contributed by atoms with E-state index in [1.807, 2.05) is 0 Å². The molecule has 0 bridgehead atoms. The van der Waals surface area contributed by atoms with Crippen LogP contribution in [0.2, 0.25) is 0 Å². The van der Waals surface area contributed by atoms with Crippen LogP contribution in [-0.2, 0) is 16.1 Å². The Morgan fingerprint density at radius 3 is 2.71 bits per heavy atom. The number of hydrogen-bond donors (Lipinski definition) is 2. The van der Waals surface area contributed by atoms with Gasteiger partial charge in [-0.2, -0.15) is 0 Å². The van der Waals surface area contributed by atoms with Gasteiger partial charge < -0.3 is 4.90 Å². The highest BCUT2D eigenvalue weighted by molar-refractivity contribution is 9.10. The van der Waals surface area contributed by atoms with Crippen molar-refractivity contribution < 1.29 is 9.59 Å². The summed E-state index contributed by atoms with van der Waals surface area (Å²) in [4.78, 5) is 40.9. The standard InChI is InChI=1S/C12H16BrN5O3/c13-9-5-15-7-18(12(9)21)6-10(19)17-3-1-8(2-4-17)11(20)16-14/h5,7-8H,1-4,6,14H2,(H,16,20). The van der Waals surface area contributed by atoms with Crippen molar-refractivity contribution in [1.29, 1.82) is 0 Å². The Kier molecular flexibility index (Phi) is 5.07. The molecule has 0 unspecified atom stereocenters. The molecule has 8 nitrogen and oxygen atoms in total. The second-order valence-electron chi connectivity index (χ2n) is 4.84. The van der Waals surface area contributed by atoms with E-state index >= 15 is 0 Å². The molecule has 1 fully saturated rings. The molecule has 2 amide bonds. The Labute approximate surface area is 129 Å². The van der Waals surface area contributed by atoms with Gasteiger partial charge in [0.2, 0.25) is 11.8 Å². The largest absolute Gasteiger partial charge is 0.341 e. The summed E-state index contributed by atoms with van der Waals surface area (Å²) < 4.78 is 1.57. The monoisotopic (exact) mass is 357 g/mol. The smallest absolute Gasteiger partial charge is 0.268 e. The van der Waals surface area contributed by atoms with Gasteiger partial charge >= 0.3 is 0 Å². The third kappa shape index (κ3) is 3.67. The Morgan fingerprint density at radius 2 is 2.10 bits per heavy atom. The van der Waals surface area contributed by atoms with Crippen LogP contribution in [0.5, 0.6) is 0 Å². The number of amides is 2. The summed E-state index contributed by atoms with van der Waals surface area (Å²) in [6.45, 7) is 0.902. The maximum Gasteiger partial charge on any atom is 0.268 e. The molecule has 1 aromatic heterocycles. The lowest BCUT2D eigenvalue weighted by Crippen LogP contribution is -2.45. The van der Waals surface area contributed by atoms with Crippen molar-refractivity contribution in [3.05, 3.63) is 27.4 Å². The number of nitrogens with zero attached hydrogens (tertiary/aromatic N) is 3. The minimum Gasteiger partial charge on any atom is -0.341 e. The van der Waals surface area contributed by atoms with E-state index in [1.165, 1.54) is 17.1 Å². The molecule has 114 valence electrons. The van der Waals surface area contributed by atoms with Crippen LogP contribution >= 0.6 is 15.9 Å². The molecule has 3 N–H and O–H groups in total. The minimum absolute atomic E-state index is 0.0565. The van der Waals surface area contributed by atoms with E-state index in [9.17, 15) is 14.4 Å². The number of carbonyl (C=O) groups excluding carboxylic acids is 2. The van der Waals surface area contributed by atoms with E-state index < -0.39 is 0 Å². The summed E-state index contributed by atoms with van der Waals surface area (Å²) >= 11 is 3.09. The number of aromatic nitrogens is 2. The average Bonchev–Trinajstić information content (AvgIpc) is 2.51. The van der Waals surface area contributed by atoms with Crippen LogP contribution in [0.15, 0.2) is 21.8 Å². The van der Waals surface area contributed by atoms with E-state index in [0.717, 1.165) is 0 Å². The number of rotatable bonds is 3. The topological polar surface area (TPSA) is 110 Å². The molecule has 1 aliphatic rings. The van der Waals surface area contributed by atoms with E-state index in [0.29, 0.717) is 30.4 Å². The fourth-order valence-electron chi connectivity index (χ4n) is 2.29. The van der Waals surface area contributed by atoms with Gasteiger partial charge in [0, 0.05) is 25.2 Å². The molecule has 0 aliphatic carbocycles. The predicted octanol–water partition coefficient (Wildman–Crippen LogP) is -0.766. The molecule has 0 aromatic carbocycles. The van der Waals surface area contributed by atoms with E-state index in [4.69, 9.17) is 5.84 Å². The first-order chi connectivity index (χ1) is 10.0. The van der Waals surface area contributed by atoms with E-state index in [1.54, 1.807) is 4.90 Å². The molecule has 21 heavy (non-hydrogen) atoms. The zero-order valence-corrected chi connectivity index (χ0v) is 12.9. The van der Waals surface area contributed by atoms with Crippen molar-refractivity contribution in [3.63, 3.8) is 0 Å². The molecule has 2 heterocycles. The van der Waals surface area contributed by atoms with Gasteiger partial charge in [0.1, 0.15) is 11.0 Å². The zero-order valence-electron chi connectivity index (χ0n) is 11.3. The maximum absolute atomic E-state index is 12.2. The molecular formula is C12H16BrN5O3. The zero-order chi connectivity index (χ0) is 15.4. The fourth-order valence-corrected chi connectivity index (χ4v) is 2.64. The first-order valence-corrected chi connectivity index (χ1v) is 7.30. The number of piperidine rings is 1. The normalized spacial score (nSPS) is 15.8.